The molecule has 1 aromatic heterocycles. The van der Waals surface area contributed by atoms with Crippen LogP contribution in [0.5, 0.6) is 0 Å². The van der Waals surface area contributed by atoms with Gasteiger partial charge in [0.15, 0.2) is 0 Å². The van der Waals surface area contributed by atoms with Crippen molar-refractivity contribution >= 4 is 0 Å². The highest BCUT2D eigenvalue weighted by molar-refractivity contribution is 5.08. The fourth-order valence-corrected chi connectivity index (χ4v) is 2.49. The Morgan fingerprint density at radius 3 is 3.06 bits per heavy atom. The van der Waals surface area contributed by atoms with E-state index in [2.05, 4.69) is 21.3 Å². The Hall–Kier alpha value is -0.930. The molecule has 1 aliphatic heterocycles. The van der Waals surface area contributed by atoms with Crippen LogP contribution in [0.4, 0.5) is 0 Å². The van der Waals surface area contributed by atoms with Crippen LogP contribution in [0, 0.1) is 0 Å². The van der Waals surface area contributed by atoms with Crippen LogP contribution in [0.15, 0.2) is 24.5 Å². The van der Waals surface area contributed by atoms with Gasteiger partial charge in [-0.05, 0) is 30.9 Å². The van der Waals surface area contributed by atoms with Crippen molar-refractivity contribution in [2.45, 2.75) is 37.9 Å². The minimum atomic E-state index is 0.681. The van der Waals surface area contributed by atoms with Gasteiger partial charge in [0, 0.05) is 44.1 Å². The normalized spacial score (nSPS) is 26.1. The number of pyridine rings is 1. The van der Waals surface area contributed by atoms with Gasteiger partial charge in [-0.2, -0.15) is 0 Å². The lowest BCUT2D eigenvalue weighted by Gasteiger charge is -2.15. The second-order valence-electron chi connectivity index (χ2n) is 4.95. The molecule has 0 spiro atoms. The average molecular weight is 217 g/mol. The molecule has 2 aliphatic rings. The third-order valence-electron chi connectivity index (χ3n) is 3.60. The molecule has 3 heteroatoms. The molecular formula is C13H19N3. The maximum atomic E-state index is 4.13. The smallest absolute Gasteiger partial charge is 0.0312 e. The highest BCUT2D eigenvalue weighted by Gasteiger charge is 2.33. The number of nitrogens with one attached hydrogen (secondary N) is 1. The zero-order chi connectivity index (χ0) is 10.8. The maximum Gasteiger partial charge on any atom is 0.0312 e. The summed E-state index contributed by atoms with van der Waals surface area (Å²) in [6, 6.07) is 5.74. The number of hydrogen-bond acceptors (Lipinski definition) is 3. The summed E-state index contributed by atoms with van der Waals surface area (Å²) >= 11 is 0. The lowest BCUT2D eigenvalue weighted by Crippen LogP contribution is -2.32. The molecule has 1 saturated heterocycles. The summed E-state index contributed by atoms with van der Waals surface area (Å²) in [5, 5.41) is 3.63. The van der Waals surface area contributed by atoms with Crippen molar-refractivity contribution in [3.05, 3.63) is 30.1 Å². The number of rotatable bonds is 4. The van der Waals surface area contributed by atoms with E-state index in [-0.39, 0.29) is 0 Å². The number of likely N-dealkylation sites (tertiary alicyclic amines) is 1. The summed E-state index contributed by atoms with van der Waals surface area (Å²) in [6.45, 7) is 3.48. The molecule has 2 fully saturated rings. The summed E-state index contributed by atoms with van der Waals surface area (Å²) in [4.78, 5) is 6.77. The fourth-order valence-electron chi connectivity index (χ4n) is 2.49. The molecular weight excluding hydrogens is 198 g/mol. The fraction of sp³-hybridized carbons (Fsp3) is 0.615. The Labute approximate surface area is 96.9 Å². The summed E-state index contributed by atoms with van der Waals surface area (Å²) in [5.41, 5.74) is 1.28. The number of nitrogens with zero attached hydrogens (tertiary/aromatic N) is 2. The quantitative estimate of drug-likeness (QED) is 0.826. The van der Waals surface area contributed by atoms with Gasteiger partial charge in [-0.15, -0.1) is 0 Å². The van der Waals surface area contributed by atoms with E-state index in [0.717, 1.165) is 12.6 Å². The minimum Gasteiger partial charge on any atom is -0.309 e. The molecule has 1 aliphatic carbocycles. The van der Waals surface area contributed by atoms with Gasteiger partial charge >= 0.3 is 0 Å². The van der Waals surface area contributed by atoms with Gasteiger partial charge in [0.1, 0.15) is 0 Å². The zero-order valence-electron chi connectivity index (χ0n) is 9.60. The average Bonchev–Trinajstić information content (AvgIpc) is 3.08. The molecule has 2 heterocycles. The van der Waals surface area contributed by atoms with E-state index in [1.807, 2.05) is 18.5 Å². The molecule has 1 atom stereocenters. The van der Waals surface area contributed by atoms with Gasteiger partial charge in [0.05, 0.1) is 0 Å². The van der Waals surface area contributed by atoms with Crippen LogP contribution in [0.25, 0.3) is 0 Å². The Balaban J connectivity index is 1.46. The van der Waals surface area contributed by atoms with Crippen LogP contribution in [0.2, 0.25) is 0 Å². The largest absolute Gasteiger partial charge is 0.309 e. The van der Waals surface area contributed by atoms with Crippen LogP contribution in [-0.2, 0) is 6.54 Å². The predicted molar refractivity (Wildman–Crippen MR) is 64.1 cm³/mol. The number of aromatic nitrogens is 1. The SMILES string of the molecule is c1cncc(CNC2CCN(C3CC3)C2)c1. The van der Waals surface area contributed by atoms with Crippen LogP contribution >= 0.6 is 0 Å². The molecule has 1 saturated carbocycles. The topological polar surface area (TPSA) is 28.2 Å². The molecule has 86 valence electrons. The summed E-state index contributed by atoms with van der Waals surface area (Å²) in [6.07, 6.45) is 7.93. The molecule has 0 bridgehead atoms. The van der Waals surface area contributed by atoms with Gasteiger partial charge in [-0.25, -0.2) is 0 Å². The molecule has 1 N–H and O–H groups in total. The summed E-state index contributed by atoms with van der Waals surface area (Å²) in [7, 11) is 0. The highest BCUT2D eigenvalue weighted by Crippen LogP contribution is 2.29. The Bertz CT molecular complexity index is 334. The van der Waals surface area contributed by atoms with Crippen LogP contribution in [0.1, 0.15) is 24.8 Å². The maximum absolute atomic E-state index is 4.13. The summed E-state index contributed by atoms with van der Waals surface area (Å²) < 4.78 is 0. The lowest BCUT2D eigenvalue weighted by molar-refractivity contribution is 0.317. The minimum absolute atomic E-state index is 0.681. The molecule has 0 amide bonds. The third-order valence-corrected chi connectivity index (χ3v) is 3.60. The lowest BCUT2D eigenvalue weighted by atomic mass is 10.2. The predicted octanol–water partition coefficient (Wildman–Crippen LogP) is 1.41. The first-order chi connectivity index (χ1) is 7.92. The van der Waals surface area contributed by atoms with E-state index in [1.54, 1.807) is 0 Å². The first-order valence-corrected chi connectivity index (χ1v) is 6.28. The second kappa shape index (κ2) is 4.52. The van der Waals surface area contributed by atoms with Crippen LogP contribution in [-0.4, -0.2) is 35.1 Å². The Kier molecular flexibility index (Phi) is 2.89. The van der Waals surface area contributed by atoms with Gasteiger partial charge < -0.3 is 5.32 Å². The second-order valence-corrected chi connectivity index (χ2v) is 4.95. The van der Waals surface area contributed by atoms with E-state index in [1.165, 1.54) is 37.9 Å². The van der Waals surface area contributed by atoms with Gasteiger partial charge in [-0.1, -0.05) is 6.07 Å². The highest BCUT2D eigenvalue weighted by atomic mass is 15.2. The molecule has 3 nitrogen and oxygen atoms in total. The standard InChI is InChI=1S/C13H19N3/c1-2-11(8-14-6-1)9-15-12-5-7-16(10-12)13-3-4-13/h1-2,6,8,12-13,15H,3-5,7,9-10H2. The zero-order valence-corrected chi connectivity index (χ0v) is 9.60. The first kappa shape index (κ1) is 10.2. The Morgan fingerprint density at radius 2 is 2.31 bits per heavy atom. The van der Waals surface area contributed by atoms with E-state index in [9.17, 15) is 0 Å². The van der Waals surface area contributed by atoms with Crippen molar-refractivity contribution < 1.29 is 0 Å². The van der Waals surface area contributed by atoms with Crippen molar-refractivity contribution in [1.29, 1.82) is 0 Å². The molecule has 1 unspecified atom stereocenters. The van der Waals surface area contributed by atoms with Gasteiger partial charge in [0.2, 0.25) is 0 Å². The van der Waals surface area contributed by atoms with Crippen molar-refractivity contribution in [1.82, 2.24) is 15.2 Å². The van der Waals surface area contributed by atoms with Crippen LogP contribution in [0.3, 0.4) is 0 Å². The number of hydrogen-bond donors (Lipinski definition) is 1. The van der Waals surface area contributed by atoms with E-state index in [4.69, 9.17) is 0 Å². The molecule has 3 rings (SSSR count). The van der Waals surface area contributed by atoms with Crippen molar-refractivity contribution in [3.8, 4) is 0 Å². The van der Waals surface area contributed by atoms with E-state index in [0.29, 0.717) is 6.04 Å². The van der Waals surface area contributed by atoms with Gasteiger partial charge in [-0.3, -0.25) is 9.88 Å². The first-order valence-electron chi connectivity index (χ1n) is 6.28. The molecule has 1 aromatic rings. The van der Waals surface area contributed by atoms with E-state index >= 15 is 0 Å². The van der Waals surface area contributed by atoms with Gasteiger partial charge in [0.25, 0.3) is 0 Å². The van der Waals surface area contributed by atoms with E-state index < -0.39 is 0 Å². The van der Waals surface area contributed by atoms with Crippen molar-refractivity contribution in [2.75, 3.05) is 13.1 Å². The van der Waals surface area contributed by atoms with Crippen molar-refractivity contribution in [3.63, 3.8) is 0 Å². The third kappa shape index (κ3) is 2.42. The molecule has 16 heavy (non-hydrogen) atoms. The van der Waals surface area contributed by atoms with Crippen molar-refractivity contribution in [2.24, 2.45) is 0 Å². The molecule has 0 radical (unpaired) electrons. The Morgan fingerprint density at radius 1 is 1.38 bits per heavy atom. The monoisotopic (exact) mass is 217 g/mol. The van der Waals surface area contributed by atoms with Crippen LogP contribution < -0.4 is 5.32 Å². The summed E-state index contributed by atoms with van der Waals surface area (Å²) in [5.74, 6) is 0. The molecule has 0 aromatic carbocycles.